The maximum atomic E-state index is 13.8. The third kappa shape index (κ3) is 2.35. The molecule has 0 amide bonds. The van der Waals surface area contributed by atoms with Crippen molar-refractivity contribution in [1.29, 1.82) is 0 Å². The van der Waals surface area contributed by atoms with Gasteiger partial charge in [-0.1, -0.05) is 12.1 Å². The molecule has 0 bridgehead atoms. The van der Waals surface area contributed by atoms with Crippen LogP contribution in [0.5, 0.6) is 0 Å². The molecule has 0 aliphatic rings. The van der Waals surface area contributed by atoms with Crippen LogP contribution in [-0.4, -0.2) is 16.5 Å². The van der Waals surface area contributed by atoms with E-state index in [1.807, 2.05) is 32.9 Å². The molecule has 5 heteroatoms. The summed E-state index contributed by atoms with van der Waals surface area (Å²) in [5, 5.41) is 3.93. The SMILES string of the molecule is CCNc1nc(C)nc(-c2cc3cccc(F)c3o2)c1C. The summed E-state index contributed by atoms with van der Waals surface area (Å²) in [7, 11) is 0. The van der Waals surface area contributed by atoms with Gasteiger partial charge in [0, 0.05) is 17.5 Å². The fourth-order valence-electron chi connectivity index (χ4n) is 2.35. The molecule has 21 heavy (non-hydrogen) atoms. The van der Waals surface area contributed by atoms with Crippen LogP contribution >= 0.6 is 0 Å². The number of hydrogen-bond donors (Lipinski definition) is 1. The van der Waals surface area contributed by atoms with Crippen LogP contribution in [0.2, 0.25) is 0 Å². The molecule has 0 spiro atoms. The number of hydrogen-bond acceptors (Lipinski definition) is 4. The molecule has 3 aromatic rings. The molecular formula is C16H16FN3O. The van der Waals surface area contributed by atoms with Crippen molar-refractivity contribution in [3.63, 3.8) is 0 Å². The van der Waals surface area contributed by atoms with Crippen molar-refractivity contribution in [1.82, 2.24) is 9.97 Å². The first-order valence-electron chi connectivity index (χ1n) is 6.87. The molecule has 1 N–H and O–H groups in total. The van der Waals surface area contributed by atoms with Crippen LogP contribution in [0.25, 0.3) is 22.4 Å². The predicted molar refractivity (Wildman–Crippen MR) is 80.8 cm³/mol. The average molecular weight is 285 g/mol. The number of aromatic nitrogens is 2. The minimum absolute atomic E-state index is 0.258. The van der Waals surface area contributed by atoms with Crippen molar-refractivity contribution in [2.75, 3.05) is 11.9 Å². The van der Waals surface area contributed by atoms with Crippen molar-refractivity contribution >= 4 is 16.8 Å². The molecule has 0 aliphatic heterocycles. The Morgan fingerprint density at radius 1 is 1.24 bits per heavy atom. The van der Waals surface area contributed by atoms with Gasteiger partial charge >= 0.3 is 0 Å². The Morgan fingerprint density at radius 3 is 2.76 bits per heavy atom. The fraction of sp³-hybridized carbons (Fsp3) is 0.250. The van der Waals surface area contributed by atoms with Gasteiger partial charge in [0.15, 0.2) is 17.2 Å². The molecule has 2 aromatic heterocycles. The second kappa shape index (κ2) is 5.16. The molecule has 3 rings (SSSR count). The molecule has 0 unspecified atom stereocenters. The van der Waals surface area contributed by atoms with E-state index in [-0.39, 0.29) is 11.4 Å². The Morgan fingerprint density at radius 2 is 2.05 bits per heavy atom. The Hall–Kier alpha value is -2.43. The van der Waals surface area contributed by atoms with E-state index < -0.39 is 0 Å². The maximum absolute atomic E-state index is 13.8. The van der Waals surface area contributed by atoms with E-state index in [4.69, 9.17) is 4.42 Å². The van der Waals surface area contributed by atoms with E-state index in [9.17, 15) is 4.39 Å². The monoisotopic (exact) mass is 285 g/mol. The van der Waals surface area contributed by atoms with E-state index >= 15 is 0 Å². The highest BCUT2D eigenvalue weighted by molar-refractivity contribution is 5.83. The third-order valence-corrected chi connectivity index (χ3v) is 3.33. The van der Waals surface area contributed by atoms with Crippen molar-refractivity contribution in [2.24, 2.45) is 0 Å². The van der Waals surface area contributed by atoms with Crippen LogP contribution in [-0.2, 0) is 0 Å². The molecular weight excluding hydrogens is 269 g/mol. The molecule has 0 fully saturated rings. The van der Waals surface area contributed by atoms with Gasteiger partial charge in [-0.15, -0.1) is 0 Å². The number of halogens is 1. The minimum atomic E-state index is -0.367. The summed E-state index contributed by atoms with van der Waals surface area (Å²) in [4.78, 5) is 8.83. The lowest BCUT2D eigenvalue weighted by Gasteiger charge is -2.10. The first kappa shape index (κ1) is 13.5. The van der Waals surface area contributed by atoms with Crippen LogP contribution in [0.3, 0.4) is 0 Å². The molecule has 108 valence electrons. The highest BCUT2D eigenvalue weighted by Crippen LogP contribution is 2.31. The predicted octanol–water partition coefficient (Wildman–Crippen LogP) is 4.08. The topological polar surface area (TPSA) is 51.0 Å². The summed E-state index contributed by atoms with van der Waals surface area (Å²) in [5.74, 6) is 1.61. The summed E-state index contributed by atoms with van der Waals surface area (Å²) in [6.45, 7) is 6.53. The number of fused-ring (bicyclic) bond motifs is 1. The Bertz CT molecular complexity index is 811. The Kier molecular flexibility index (Phi) is 3.33. The molecule has 0 atom stereocenters. The lowest BCUT2D eigenvalue weighted by atomic mass is 10.1. The zero-order valence-corrected chi connectivity index (χ0v) is 12.2. The minimum Gasteiger partial charge on any atom is -0.451 e. The lowest BCUT2D eigenvalue weighted by molar-refractivity contribution is 0.567. The normalized spacial score (nSPS) is 11.0. The second-order valence-electron chi connectivity index (χ2n) is 4.89. The van der Waals surface area contributed by atoms with E-state index in [0.717, 1.165) is 23.3 Å². The summed E-state index contributed by atoms with van der Waals surface area (Å²) in [5.41, 5.74) is 1.84. The van der Waals surface area contributed by atoms with Gasteiger partial charge in [0.1, 0.15) is 17.3 Å². The van der Waals surface area contributed by atoms with Gasteiger partial charge in [0.05, 0.1) is 0 Å². The van der Waals surface area contributed by atoms with Gasteiger partial charge in [-0.2, -0.15) is 0 Å². The van der Waals surface area contributed by atoms with Gasteiger partial charge in [0.25, 0.3) is 0 Å². The molecule has 0 radical (unpaired) electrons. The maximum Gasteiger partial charge on any atom is 0.170 e. The molecule has 0 aliphatic carbocycles. The number of para-hydroxylation sites is 1. The molecule has 0 saturated carbocycles. The molecule has 1 aromatic carbocycles. The second-order valence-corrected chi connectivity index (χ2v) is 4.89. The van der Waals surface area contributed by atoms with Crippen molar-refractivity contribution in [3.8, 4) is 11.5 Å². The zero-order valence-electron chi connectivity index (χ0n) is 12.2. The third-order valence-electron chi connectivity index (χ3n) is 3.33. The quantitative estimate of drug-likeness (QED) is 0.788. The van der Waals surface area contributed by atoms with E-state index in [2.05, 4.69) is 15.3 Å². The van der Waals surface area contributed by atoms with E-state index in [0.29, 0.717) is 17.3 Å². The smallest absolute Gasteiger partial charge is 0.170 e. The Balaban J connectivity index is 2.20. The number of nitrogens with zero attached hydrogens (tertiary/aromatic N) is 2. The first-order chi connectivity index (χ1) is 10.1. The molecule has 4 nitrogen and oxygen atoms in total. The van der Waals surface area contributed by atoms with Gasteiger partial charge < -0.3 is 9.73 Å². The van der Waals surface area contributed by atoms with Crippen LogP contribution in [0.1, 0.15) is 18.3 Å². The number of furan rings is 1. The van der Waals surface area contributed by atoms with Crippen molar-refractivity contribution < 1.29 is 8.81 Å². The first-order valence-corrected chi connectivity index (χ1v) is 6.87. The average Bonchev–Trinajstić information content (AvgIpc) is 2.88. The van der Waals surface area contributed by atoms with Gasteiger partial charge in [0.2, 0.25) is 0 Å². The number of benzene rings is 1. The summed E-state index contributed by atoms with van der Waals surface area (Å²) in [6, 6.07) is 6.68. The summed E-state index contributed by atoms with van der Waals surface area (Å²) >= 11 is 0. The largest absolute Gasteiger partial charge is 0.451 e. The highest BCUT2D eigenvalue weighted by atomic mass is 19.1. The van der Waals surface area contributed by atoms with Crippen LogP contribution in [0, 0.1) is 19.7 Å². The number of anilines is 1. The van der Waals surface area contributed by atoms with E-state index in [1.165, 1.54) is 6.07 Å². The van der Waals surface area contributed by atoms with Crippen LogP contribution < -0.4 is 5.32 Å². The zero-order chi connectivity index (χ0) is 15.0. The fourth-order valence-corrected chi connectivity index (χ4v) is 2.35. The highest BCUT2D eigenvalue weighted by Gasteiger charge is 2.16. The number of aryl methyl sites for hydroxylation is 1. The van der Waals surface area contributed by atoms with Crippen molar-refractivity contribution in [3.05, 3.63) is 41.5 Å². The van der Waals surface area contributed by atoms with Crippen LogP contribution in [0.15, 0.2) is 28.7 Å². The Labute approximate surface area is 122 Å². The molecule has 2 heterocycles. The van der Waals surface area contributed by atoms with Crippen LogP contribution in [0.4, 0.5) is 10.2 Å². The van der Waals surface area contributed by atoms with Gasteiger partial charge in [-0.05, 0) is 32.9 Å². The standard InChI is InChI=1S/C16H16FN3O/c1-4-18-16-9(2)14(19-10(3)20-16)13-8-11-6-5-7-12(17)15(11)21-13/h5-8H,4H2,1-3H3,(H,18,19,20). The lowest BCUT2D eigenvalue weighted by Crippen LogP contribution is -2.05. The van der Waals surface area contributed by atoms with Crippen molar-refractivity contribution in [2.45, 2.75) is 20.8 Å². The van der Waals surface area contributed by atoms with E-state index in [1.54, 1.807) is 6.07 Å². The number of rotatable bonds is 3. The molecule has 0 saturated heterocycles. The summed E-state index contributed by atoms with van der Waals surface area (Å²) in [6.07, 6.45) is 0. The van der Waals surface area contributed by atoms with Gasteiger partial charge in [-0.25, -0.2) is 14.4 Å². The number of nitrogens with one attached hydrogen (secondary N) is 1. The van der Waals surface area contributed by atoms with Gasteiger partial charge in [-0.3, -0.25) is 0 Å². The summed E-state index contributed by atoms with van der Waals surface area (Å²) < 4.78 is 19.4.